The lowest BCUT2D eigenvalue weighted by molar-refractivity contribution is -0.139. The van der Waals surface area contributed by atoms with Crippen LogP contribution in [-0.4, -0.2) is 83.3 Å². The number of aliphatic carboxylic acids is 1. The molecule has 0 radical (unpaired) electrons. The summed E-state index contributed by atoms with van der Waals surface area (Å²) in [7, 11) is 0. The zero-order valence-electron chi connectivity index (χ0n) is 16.0. The summed E-state index contributed by atoms with van der Waals surface area (Å²) < 4.78 is 6.58. The second kappa shape index (κ2) is 7.86. The fourth-order valence-corrected chi connectivity index (χ4v) is 4.74. The molecular formula is C19H24N4O6. The molecule has 156 valence electrons. The van der Waals surface area contributed by atoms with E-state index in [-0.39, 0.29) is 55.6 Å². The highest BCUT2D eigenvalue weighted by molar-refractivity contribution is 5.82. The minimum atomic E-state index is -0.877. The number of fused-ring (bicyclic) bond motifs is 4. The maximum atomic E-state index is 12.6. The molecule has 4 rings (SSSR count). The van der Waals surface area contributed by atoms with Crippen molar-refractivity contribution in [3.8, 4) is 0 Å². The Kier molecular flexibility index (Phi) is 5.27. The van der Waals surface area contributed by atoms with Crippen LogP contribution in [0.1, 0.15) is 24.1 Å². The number of hydrogen-bond acceptors (Lipinski definition) is 6. The van der Waals surface area contributed by atoms with Gasteiger partial charge in [0.1, 0.15) is 13.2 Å². The molecule has 2 bridgehead atoms. The van der Waals surface area contributed by atoms with Gasteiger partial charge in [-0.1, -0.05) is 6.07 Å². The van der Waals surface area contributed by atoms with Gasteiger partial charge in [0.2, 0.25) is 5.91 Å². The van der Waals surface area contributed by atoms with Gasteiger partial charge in [-0.25, -0.2) is 4.79 Å². The fraction of sp³-hybridized carbons (Fsp3) is 0.579. The first-order valence-electron chi connectivity index (χ1n) is 9.76. The Labute approximate surface area is 167 Å². The summed E-state index contributed by atoms with van der Waals surface area (Å²) in [5, 5.41) is 12.0. The number of pyridine rings is 1. The first-order valence-corrected chi connectivity index (χ1v) is 9.76. The van der Waals surface area contributed by atoms with E-state index in [9.17, 15) is 24.3 Å². The first-order chi connectivity index (χ1) is 13.9. The first kappa shape index (κ1) is 19.4. The molecule has 0 saturated carbocycles. The topological polar surface area (TPSA) is 121 Å². The van der Waals surface area contributed by atoms with Gasteiger partial charge in [-0.05, 0) is 18.4 Å². The minimum absolute atomic E-state index is 0.0415. The predicted octanol–water partition coefficient (Wildman–Crippen LogP) is -0.538. The number of ether oxygens (including phenoxy) is 1. The summed E-state index contributed by atoms with van der Waals surface area (Å²) in [4.78, 5) is 50.9. The van der Waals surface area contributed by atoms with Crippen LogP contribution in [0, 0.1) is 5.92 Å². The van der Waals surface area contributed by atoms with Gasteiger partial charge in [-0.2, -0.15) is 0 Å². The van der Waals surface area contributed by atoms with Crippen molar-refractivity contribution < 1.29 is 24.2 Å². The van der Waals surface area contributed by atoms with E-state index in [1.54, 1.807) is 10.6 Å². The number of carbonyl (C=O) groups is 3. The van der Waals surface area contributed by atoms with E-state index < -0.39 is 12.1 Å². The van der Waals surface area contributed by atoms with Crippen LogP contribution < -0.4 is 10.9 Å². The van der Waals surface area contributed by atoms with Crippen LogP contribution in [0.4, 0.5) is 4.79 Å². The van der Waals surface area contributed by atoms with Gasteiger partial charge in [-0.15, -0.1) is 0 Å². The van der Waals surface area contributed by atoms with E-state index in [1.807, 2.05) is 11.0 Å². The third-order valence-corrected chi connectivity index (χ3v) is 5.92. The lowest BCUT2D eigenvalue weighted by atomic mass is 9.78. The second-order valence-electron chi connectivity index (χ2n) is 7.85. The van der Waals surface area contributed by atoms with Gasteiger partial charge >= 0.3 is 12.1 Å². The second-order valence-corrected chi connectivity index (χ2v) is 7.85. The normalized spacial score (nSPS) is 26.0. The Morgan fingerprint density at radius 2 is 2.03 bits per heavy atom. The van der Waals surface area contributed by atoms with Crippen LogP contribution in [0.2, 0.25) is 0 Å². The average Bonchev–Trinajstić information content (AvgIpc) is 3.06. The van der Waals surface area contributed by atoms with Crippen molar-refractivity contribution in [3.05, 3.63) is 34.2 Å². The van der Waals surface area contributed by atoms with Crippen molar-refractivity contribution in [2.75, 3.05) is 45.9 Å². The van der Waals surface area contributed by atoms with Gasteiger partial charge in [0.05, 0.1) is 19.1 Å². The van der Waals surface area contributed by atoms with E-state index in [2.05, 4.69) is 5.32 Å². The molecule has 2 fully saturated rings. The van der Waals surface area contributed by atoms with E-state index in [4.69, 9.17) is 4.74 Å². The number of nitrogens with one attached hydrogen (secondary N) is 1. The average molecular weight is 404 g/mol. The molecule has 10 heteroatoms. The molecule has 3 aliphatic heterocycles. The Balaban J connectivity index is 1.51. The number of amides is 2. The number of cyclic esters (lactones) is 1. The van der Waals surface area contributed by atoms with Crippen LogP contribution >= 0.6 is 0 Å². The quantitative estimate of drug-likeness (QED) is 0.653. The van der Waals surface area contributed by atoms with Gasteiger partial charge in [0.15, 0.2) is 0 Å². The van der Waals surface area contributed by atoms with Crippen molar-refractivity contribution in [1.82, 2.24) is 19.7 Å². The molecule has 1 aromatic heterocycles. The molecule has 0 aromatic carbocycles. The standard InChI is InChI=1S/C19H24N4O6/c24-16(10-22-4-5-29-19(22)28)20-7-15-13-6-12(8-21(9-13)11-18(26)27)14-2-1-3-17(25)23(14)15/h1-3,12-13,15H,4-11H2,(H,20,24)(H,26,27)/t12-,13+,15+/m1/s1. The van der Waals surface area contributed by atoms with Crippen molar-refractivity contribution in [2.24, 2.45) is 5.92 Å². The van der Waals surface area contributed by atoms with Crippen molar-refractivity contribution in [1.29, 1.82) is 0 Å². The number of aromatic nitrogens is 1. The SMILES string of the molecule is O=C(O)CN1C[C@H]2C[C@@H](C1)[C@H](CNC(=O)CN1CCOC1=O)n1c2cccc1=O. The van der Waals surface area contributed by atoms with E-state index in [1.165, 1.54) is 11.0 Å². The summed E-state index contributed by atoms with van der Waals surface area (Å²) in [6, 6.07) is 4.87. The number of carboxylic acids is 1. The smallest absolute Gasteiger partial charge is 0.410 e. The van der Waals surface area contributed by atoms with Gasteiger partial charge in [0, 0.05) is 37.3 Å². The number of nitrogens with zero attached hydrogens (tertiary/aromatic N) is 3. The third-order valence-electron chi connectivity index (χ3n) is 5.92. The largest absolute Gasteiger partial charge is 0.480 e. The van der Waals surface area contributed by atoms with E-state index in [0.717, 1.165) is 12.1 Å². The zero-order valence-corrected chi connectivity index (χ0v) is 16.0. The monoisotopic (exact) mass is 404 g/mol. The van der Waals surface area contributed by atoms with Gasteiger partial charge < -0.3 is 19.7 Å². The summed E-state index contributed by atoms with van der Waals surface area (Å²) in [6.45, 7) is 1.94. The van der Waals surface area contributed by atoms with Crippen LogP contribution in [0.15, 0.2) is 23.0 Å². The predicted molar refractivity (Wildman–Crippen MR) is 101 cm³/mol. The number of rotatable bonds is 6. The maximum absolute atomic E-state index is 12.6. The molecule has 0 unspecified atom stereocenters. The lowest BCUT2D eigenvalue weighted by Crippen LogP contribution is -2.53. The van der Waals surface area contributed by atoms with Gasteiger partial charge in [0.25, 0.3) is 5.56 Å². The molecule has 2 amide bonds. The molecular weight excluding hydrogens is 380 g/mol. The molecule has 10 nitrogen and oxygen atoms in total. The molecule has 1 aromatic rings. The maximum Gasteiger partial charge on any atom is 0.410 e. The minimum Gasteiger partial charge on any atom is -0.480 e. The molecule has 0 spiro atoms. The van der Waals surface area contributed by atoms with Crippen LogP contribution in [0.3, 0.4) is 0 Å². The van der Waals surface area contributed by atoms with Crippen molar-refractivity contribution in [2.45, 2.75) is 18.4 Å². The highest BCUT2D eigenvalue weighted by atomic mass is 16.6. The van der Waals surface area contributed by atoms with Gasteiger partial charge in [-0.3, -0.25) is 24.2 Å². The molecule has 29 heavy (non-hydrogen) atoms. The molecule has 4 heterocycles. The van der Waals surface area contributed by atoms with Crippen LogP contribution in [-0.2, 0) is 14.3 Å². The van der Waals surface area contributed by atoms with Crippen LogP contribution in [0.25, 0.3) is 0 Å². The zero-order chi connectivity index (χ0) is 20.5. The fourth-order valence-electron chi connectivity index (χ4n) is 4.74. The summed E-state index contributed by atoms with van der Waals surface area (Å²) in [6.07, 6.45) is 0.345. The van der Waals surface area contributed by atoms with E-state index in [0.29, 0.717) is 19.6 Å². The number of carboxylic acid groups (broad SMARTS) is 1. The van der Waals surface area contributed by atoms with Crippen molar-refractivity contribution >= 4 is 18.0 Å². The summed E-state index contributed by atoms with van der Waals surface area (Å²) in [5.74, 6) is -1.04. The number of carbonyl (C=O) groups excluding carboxylic acids is 2. The summed E-state index contributed by atoms with van der Waals surface area (Å²) in [5.41, 5.74) is 0.762. The molecule has 3 aliphatic rings. The summed E-state index contributed by atoms with van der Waals surface area (Å²) >= 11 is 0. The lowest BCUT2D eigenvalue weighted by Gasteiger charge is -2.46. The Morgan fingerprint density at radius 1 is 1.21 bits per heavy atom. The number of piperidine rings is 1. The molecule has 3 atom stereocenters. The number of hydrogen-bond donors (Lipinski definition) is 2. The molecule has 2 N–H and O–H groups in total. The highest BCUT2D eigenvalue weighted by Gasteiger charge is 2.41. The number of likely N-dealkylation sites (tertiary alicyclic amines) is 1. The third kappa shape index (κ3) is 3.98. The van der Waals surface area contributed by atoms with Crippen molar-refractivity contribution in [3.63, 3.8) is 0 Å². The Bertz CT molecular complexity index is 884. The van der Waals surface area contributed by atoms with Crippen LogP contribution in [0.5, 0.6) is 0 Å². The van der Waals surface area contributed by atoms with E-state index >= 15 is 0 Å². The highest BCUT2D eigenvalue weighted by Crippen LogP contribution is 2.40. The molecule has 2 saturated heterocycles. The Morgan fingerprint density at radius 3 is 2.76 bits per heavy atom. The Hall–Kier alpha value is -2.88. The molecule has 0 aliphatic carbocycles.